The molecule has 6 nitrogen and oxygen atoms in total. The van der Waals surface area contributed by atoms with Gasteiger partial charge in [0.15, 0.2) is 0 Å². The van der Waals surface area contributed by atoms with Crippen LogP contribution in [-0.2, 0) is 34.2 Å². The Bertz CT molecular complexity index is 467. The van der Waals surface area contributed by atoms with Crippen molar-refractivity contribution in [1.29, 1.82) is 0 Å². The maximum Gasteiger partial charge on any atom is 0.474 e. The number of benzene rings is 1. The van der Waals surface area contributed by atoms with E-state index < -0.39 is 7.82 Å². The number of hydrogen-bond acceptors (Lipinski definition) is 6. The zero-order chi connectivity index (χ0) is 17.7. The fourth-order valence-corrected chi connectivity index (χ4v) is 2.77. The Kier molecular flexibility index (Phi) is 11.2. The van der Waals surface area contributed by atoms with Gasteiger partial charge in [0.05, 0.1) is 19.8 Å². The summed E-state index contributed by atoms with van der Waals surface area (Å²) in [6, 6.07) is 9.44. The van der Waals surface area contributed by atoms with Crippen LogP contribution in [0.1, 0.15) is 32.3 Å². The molecule has 0 aliphatic heterocycles. The number of rotatable bonds is 14. The van der Waals surface area contributed by atoms with Gasteiger partial charge < -0.3 is 9.47 Å². The molecule has 0 aliphatic rings. The Labute approximate surface area is 145 Å². The second-order valence-corrected chi connectivity index (χ2v) is 7.03. The standard InChI is InChI=1S/C17H29O6P/c1-4-11-20-14-17(21-12-5-2)15-23-24(18,19-3)22-13-16-9-7-6-8-10-16/h6-10,17H,4-5,11-15H2,1-3H3/t17-,24-/m0/s1. The highest BCUT2D eigenvalue weighted by Crippen LogP contribution is 2.49. The Balaban J connectivity index is 2.48. The summed E-state index contributed by atoms with van der Waals surface area (Å²) in [6.45, 7) is 5.92. The minimum Gasteiger partial charge on any atom is -0.379 e. The molecule has 0 radical (unpaired) electrons. The van der Waals surface area contributed by atoms with Crippen LogP contribution in [0.25, 0.3) is 0 Å². The van der Waals surface area contributed by atoms with Gasteiger partial charge >= 0.3 is 7.82 Å². The molecule has 0 fully saturated rings. The van der Waals surface area contributed by atoms with Crippen molar-refractivity contribution in [2.75, 3.05) is 33.5 Å². The van der Waals surface area contributed by atoms with Crippen LogP contribution in [-0.4, -0.2) is 39.6 Å². The van der Waals surface area contributed by atoms with Gasteiger partial charge in [0.1, 0.15) is 6.10 Å². The molecule has 2 atom stereocenters. The lowest BCUT2D eigenvalue weighted by molar-refractivity contribution is -0.0437. The van der Waals surface area contributed by atoms with Crippen molar-refractivity contribution >= 4 is 7.82 Å². The average molecular weight is 360 g/mol. The summed E-state index contributed by atoms with van der Waals surface area (Å²) in [7, 11) is -2.32. The minimum atomic E-state index is -3.63. The molecule has 1 aromatic carbocycles. The molecule has 1 rings (SSSR count). The van der Waals surface area contributed by atoms with Gasteiger partial charge in [0.25, 0.3) is 0 Å². The largest absolute Gasteiger partial charge is 0.474 e. The molecule has 0 unspecified atom stereocenters. The maximum atomic E-state index is 12.5. The molecule has 138 valence electrons. The van der Waals surface area contributed by atoms with Gasteiger partial charge in [-0.2, -0.15) is 0 Å². The van der Waals surface area contributed by atoms with E-state index in [1.807, 2.05) is 44.2 Å². The lowest BCUT2D eigenvalue weighted by Gasteiger charge is -2.21. The van der Waals surface area contributed by atoms with Gasteiger partial charge in [-0.3, -0.25) is 13.6 Å². The zero-order valence-electron chi connectivity index (χ0n) is 14.8. The Morgan fingerprint density at radius 1 is 1.00 bits per heavy atom. The molecule has 0 saturated carbocycles. The molecule has 0 heterocycles. The summed E-state index contributed by atoms with van der Waals surface area (Å²) in [6.07, 6.45) is 1.51. The highest BCUT2D eigenvalue weighted by atomic mass is 31.2. The van der Waals surface area contributed by atoms with Crippen LogP contribution in [0.5, 0.6) is 0 Å². The van der Waals surface area contributed by atoms with Crippen LogP contribution < -0.4 is 0 Å². The normalized spacial score (nSPS) is 15.1. The third kappa shape index (κ3) is 8.92. The second-order valence-electron chi connectivity index (χ2n) is 5.25. The molecular weight excluding hydrogens is 331 g/mol. The van der Waals surface area contributed by atoms with Gasteiger partial charge in [-0.25, -0.2) is 4.57 Å². The van der Waals surface area contributed by atoms with Crippen LogP contribution in [0, 0.1) is 0 Å². The van der Waals surface area contributed by atoms with Gasteiger partial charge in [-0.15, -0.1) is 0 Å². The molecule has 0 amide bonds. The quantitative estimate of drug-likeness (QED) is 0.366. The molecule has 0 N–H and O–H groups in total. The predicted octanol–water partition coefficient (Wildman–Crippen LogP) is 4.20. The predicted molar refractivity (Wildman–Crippen MR) is 92.9 cm³/mol. The van der Waals surface area contributed by atoms with Gasteiger partial charge in [0.2, 0.25) is 0 Å². The molecule has 0 aromatic heterocycles. The van der Waals surface area contributed by atoms with Crippen molar-refractivity contribution in [3.63, 3.8) is 0 Å². The minimum absolute atomic E-state index is 0.0869. The lowest BCUT2D eigenvalue weighted by atomic mass is 10.2. The van der Waals surface area contributed by atoms with Gasteiger partial charge in [-0.1, -0.05) is 44.2 Å². The fourth-order valence-electron chi connectivity index (χ4n) is 1.83. The van der Waals surface area contributed by atoms with E-state index in [-0.39, 0.29) is 19.3 Å². The third-order valence-corrected chi connectivity index (χ3v) is 4.44. The second kappa shape index (κ2) is 12.6. The molecule has 0 saturated heterocycles. The van der Waals surface area contributed by atoms with Crippen LogP contribution in [0.4, 0.5) is 0 Å². The van der Waals surface area contributed by atoms with Crippen LogP contribution >= 0.6 is 7.82 Å². The fraction of sp³-hybridized carbons (Fsp3) is 0.647. The molecule has 0 aliphatic carbocycles. The van der Waals surface area contributed by atoms with E-state index in [0.29, 0.717) is 19.8 Å². The first-order chi connectivity index (χ1) is 11.6. The van der Waals surface area contributed by atoms with Gasteiger partial charge in [-0.05, 0) is 18.4 Å². The summed E-state index contributed by atoms with van der Waals surface area (Å²) in [5, 5.41) is 0. The maximum absolute atomic E-state index is 12.5. The third-order valence-electron chi connectivity index (χ3n) is 3.08. The number of ether oxygens (including phenoxy) is 2. The summed E-state index contributed by atoms with van der Waals surface area (Å²) in [5.74, 6) is 0. The molecular formula is C17H29O6P. The van der Waals surface area contributed by atoms with Crippen molar-refractivity contribution in [2.45, 2.75) is 39.4 Å². The lowest BCUT2D eigenvalue weighted by Crippen LogP contribution is -2.26. The zero-order valence-corrected chi connectivity index (χ0v) is 15.7. The molecule has 1 aromatic rings. The number of hydrogen-bond donors (Lipinski definition) is 0. The van der Waals surface area contributed by atoms with Crippen molar-refractivity contribution in [1.82, 2.24) is 0 Å². The molecule has 0 spiro atoms. The SMILES string of the molecule is CCCOC[C@@H](CO[P@@](=O)(OC)OCc1ccccc1)OCCC. The Hall–Kier alpha value is -0.750. The van der Waals surface area contributed by atoms with Crippen molar-refractivity contribution in [2.24, 2.45) is 0 Å². The Morgan fingerprint density at radius 3 is 2.33 bits per heavy atom. The van der Waals surface area contributed by atoms with Crippen molar-refractivity contribution < 1.29 is 27.6 Å². The highest BCUT2D eigenvalue weighted by Gasteiger charge is 2.27. The van der Waals surface area contributed by atoms with Crippen LogP contribution in [0.15, 0.2) is 30.3 Å². The smallest absolute Gasteiger partial charge is 0.379 e. The summed E-state index contributed by atoms with van der Waals surface area (Å²) >= 11 is 0. The van der Waals surface area contributed by atoms with Gasteiger partial charge in [0, 0.05) is 20.3 Å². The number of phosphoric ester groups is 1. The summed E-state index contributed by atoms with van der Waals surface area (Å²) < 4.78 is 39.4. The molecule has 24 heavy (non-hydrogen) atoms. The first-order valence-corrected chi connectivity index (χ1v) is 9.77. The summed E-state index contributed by atoms with van der Waals surface area (Å²) in [4.78, 5) is 0. The first kappa shape index (κ1) is 21.3. The summed E-state index contributed by atoms with van der Waals surface area (Å²) in [5.41, 5.74) is 0.892. The first-order valence-electron chi connectivity index (χ1n) is 8.31. The van der Waals surface area contributed by atoms with E-state index in [0.717, 1.165) is 18.4 Å². The Morgan fingerprint density at radius 2 is 1.71 bits per heavy atom. The van der Waals surface area contributed by atoms with E-state index in [1.54, 1.807) is 0 Å². The van der Waals surface area contributed by atoms with E-state index in [4.69, 9.17) is 23.0 Å². The van der Waals surface area contributed by atoms with Crippen LogP contribution in [0.2, 0.25) is 0 Å². The molecule has 7 heteroatoms. The number of phosphoric acid groups is 1. The van der Waals surface area contributed by atoms with E-state index in [2.05, 4.69) is 0 Å². The van der Waals surface area contributed by atoms with E-state index >= 15 is 0 Å². The van der Waals surface area contributed by atoms with E-state index in [1.165, 1.54) is 7.11 Å². The monoisotopic (exact) mass is 360 g/mol. The average Bonchev–Trinajstić information content (AvgIpc) is 2.63. The van der Waals surface area contributed by atoms with Crippen LogP contribution in [0.3, 0.4) is 0 Å². The highest BCUT2D eigenvalue weighted by molar-refractivity contribution is 7.48. The molecule has 0 bridgehead atoms. The van der Waals surface area contributed by atoms with E-state index in [9.17, 15) is 4.57 Å². The van der Waals surface area contributed by atoms with Crippen molar-refractivity contribution in [3.05, 3.63) is 35.9 Å². The topological polar surface area (TPSA) is 63.2 Å². The van der Waals surface area contributed by atoms with Crippen molar-refractivity contribution in [3.8, 4) is 0 Å².